The van der Waals surface area contributed by atoms with Gasteiger partial charge in [0.2, 0.25) is 5.91 Å². The first kappa shape index (κ1) is 23.6. The SMILES string of the molecule is Cc1ccc(C(=O)N2CCC3(CC2)C(C(=O)N2CCC2)c2ccccc2C(=O)N3C(C)C)c(C)c1. The minimum Gasteiger partial charge on any atom is -0.342 e. The maximum atomic E-state index is 13.9. The van der Waals surface area contributed by atoms with E-state index in [4.69, 9.17) is 0 Å². The Balaban J connectivity index is 1.52. The van der Waals surface area contributed by atoms with E-state index in [1.54, 1.807) is 0 Å². The second-order valence-corrected chi connectivity index (χ2v) is 10.7. The molecule has 6 nitrogen and oxygen atoms in total. The first-order chi connectivity index (χ1) is 16.7. The van der Waals surface area contributed by atoms with Crippen molar-refractivity contribution in [2.75, 3.05) is 26.2 Å². The Kier molecular flexibility index (Phi) is 5.94. The summed E-state index contributed by atoms with van der Waals surface area (Å²) in [6.07, 6.45) is 2.20. The van der Waals surface area contributed by atoms with E-state index < -0.39 is 11.5 Å². The molecule has 2 aromatic rings. The number of nitrogens with zero attached hydrogens (tertiary/aromatic N) is 3. The molecule has 0 saturated carbocycles. The quantitative estimate of drug-likeness (QED) is 0.673. The van der Waals surface area contributed by atoms with Crippen molar-refractivity contribution in [3.63, 3.8) is 0 Å². The van der Waals surface area contributed by atoms with Crippen LogP contribution in [0.4, 0.5) is 0 Å². The standard InChI is InChI=1S/C29H35N3O3/c1-19(2)32-27(34)24-9-6-5-8-23(24)25(28(35)30-14-7-15-30)29(32)12-16-31(17-13-29)26(33)22-11-10-20(3)18-21(22)4/h5-6,8-11,18-19,25H,7,12-17H2,1-4H3. The van der Waals surface area contributed by atoms with Crippen LogP contribution in [0.3, 0.4) is 0 Å². The number of benzene rings is 2. The molecule has 0 aliphatic carbocycles. The van der Waals surface area contributed by atoms with Gasteiger partial charge in [0.05, 0.1) is 11.5 Å². The van der Waals surface area contributed by atoms with Crippen LogP contribution in [0, 0.1) is 13.8 Å². The van der Waals surface area contributed by atoms with Crippen molar-refractivity contribution in [1.29, 1.82) is 0 Å². The van der Waals surface area contributed by atoms with E-state index >= 15 is 0 Å². The molecule has 0 radical (unpaired) electrons. The van der Waals surface area contributed by atoms with Gasteiger partial charge in [-0.1, -0.05) is 35.9 Å². The molecule has 5 rings (SSSR count). The highest BCUT2D eigenvalue weighted by atomic mass is 16.2. The second-order valence-electron chi connectivity index (χ2n) is 10.7. The zero-order chi connectivity index (χ0) is 24.9. The topological polar surface area (TPSA) is 60.9 Å². The van der Waals surface area contributed by atoms with Gasteiger partial charge in [-0.05, 0) is 70.2 Å². The van der Waals surface area contributed by atoms with Gasteiger partial charge >= 0.3 is 0 Å². The lowest BCUT2D eigenvalue weighted by atomic mass is 9.66. The molecule has 0 bridgehead atoms. The first-order valence-corrected chi connectivity index (χ1v) is 12.8. The zero-order valence-corrected chi connectivity index (χ0v) is 21.2. The molecule has 2 saturated heterocycles. The molecular formula is C29H35N3O3. The molecular weight excluding hydrogens is 438 g/mol. The van der Waals surface area contributed by atoms with E-state index in [2.05, 4.69) is 0 Å². The van der Waals surface area contributed by atoms with Gasteiger partial charge in [0.25, 0.3) is 11.8 Å². The van der Waals surface area contributed by atoms with Gasteiger partial charge in [-0.15, -0.1) is 0 Å². The maximum absolute atomic E-state index is 13.9. The molecule has 35 heavy (non-hydrogen) atoms. The van der Waals surface area contributed by atoms with Gasteiger partial charge < -0.3 is 14.7 Å². The number of hydrogen-bond acceptors (Lipinski definition) is 3. The number of carbonyl (C=O) groups excluding carboxylic acids is 3. The van der Waals surface area contributed by atoms with Crippen LogP contribution in [0.2, 0.25) is 0 Å². The summed E-state index contributed by atoms with van der Waals surface area (Å²) in [5, 5.41) is 0. The summed E-state index contributed by atoms with van der Waals surface area (Å²) in [5.41, 5.74) is 3.69. The highest BCUT2D eigenvalue weighted by Crippen LogP contribution is 2.49. The van der Waals surface area contributed by atoms with Crippen LogP contribution in [-0.2, 0) is 4.79 Å². The molecule has 0 N–H and O–H groups in total. The van der Waals surface area contributed by atoms with E-state index in [9.17, 15) is 14.4 Å². The van der Waals surface area contributed by atoms with Crippen molar-refractivity contribution < 1.29 is 14.4 Å². The van der Waals surface area contributed by atoms with Gasteiger partial charge in [0.15, 0.2) is 0 Å². The molecule has 184 valence electrons. The summed E-state index contributed by atoms with van der Waals surface area (Å²) in [7, 11) is 0. The van der Waals surface area contributed by atoms with Crippen molar-refractivity contribution in [1.82, 2.24) is 14.7 Å². The molecule has 6 heteroatoms. The van der Waals surface area contributed by atoms with E-state index in [1.165, 1.54) is 0 Å². The van der Waals surface area contributed by atoms with Crippen molar-refractivity contribution in [2.24, 2.45) is 0 Å². The van der Waals surface area contributed by atoms with Gasteiger partial charge in [-0.25, -0.2) is 0 Å². The summed E-state index contributed by atoms with van der Waals surface area (Å²) in [6, 6.07) is 13.5. The monoisotopic (exact) mass is 473 g/mol. The molecule has 3 amide bonds. The number of fused-ring (bicyclic) bond motifs is 1. The Morgan fingerprint density at radius 1 is 0.943 bits per heavy atom. The Bertz CT molecular complexity index is 1180. The van der Waals surface area contributed by atoms with Gasteiger partial charge in [0.1, 0.15) is 0 Å². The molecule has 2 aromatic carbocycles. The minimum atomic E-state index is -0.634. The van der Waals surface area contributed by atoms with Crippen molar-refractivity contribution in [3.8, 4) is 0 Å². The van der Waals surface area contributed by atoms with Crippen molar-refractivity contribution >= 4 is 17.7 Å². The number of amides is 3. The molecule has 0 aromatic heterocycles. The van der Waals surface area contributed by atoms with E-state index in [0.29, 0.717) is 31.5 Å². The number of likely N-dealkylation sites (tertiary alicyclic amines) is 2. The normalized spacial score (nSPS) is 21.2. The molecule has 1 atom stereocenters. The third-order valence-electron chi connectivity index (χ3n) is 8.20. The van der Waals surface area contributed by atoms with E-state index in [-0.39, 0.29) is 23.8 Å². The summed E-state index contributed by atoms with van der Waals surface area (Å²) < 4.78 is 0. The largest absolute Gasteiger partial charge is 0.342 e. The predicted molar refractivity (Wildman–Crippen MR) is 135 cm³/mol. The van der Waals surface area contributed by atoms with E-state index in [0.717, 1.165) is 41.8 Å². The number of rotatable bonds is 3. The summed E-state index contributed by atoms with van der Waals surface area (Å²) in [6.45, 7) is 10.7. The Morgan fingerprint density at radius 2 is 1.63 bits per heavy atom. The summed E-state index contributed by atoms with van der Waals surface area (Å²) in [4.78, 5) is 46.9. The summed E-state index contributed by atoms with van der Waals surface area (Å²) >= 11 is 0. The highest BCUT2D eigenvalue weighted by Gasteiger charge is 2.57. The highest BCUT2D eigenvalue weighted by molar-refractivity contribution is 6.02. The molecule has 1 spiro atoms. The minimum absolute atomic E-state index is 0.00239. The fourth-order valence-electron chi connectivity index (χ4n) is 6.39. The predicted octanol–water partition coefficient (Wildman–Crippen LogP) is 4.16. The van der Waals surface area contributed by atoms with Gasteiger partial charge in [-0.3, -0.25) is 14.4 Å². The lowest BCUT2D eigenvalue weighted by molar-refractivity contribution is -0.142. The molecule has 3 heterocycles. The van der Waals surface area contributed by atoms with Crippen molar-refractivity contribution in [2.45, 2.75) is 64.5 Å². The number of carbonyl (C=O) groups is 3. The van der Waals surface area contributed by atoms with Crippen LogP contribution < -0.4 is 0 Å². The average molecular weight is 474 g/mol. The fourth-order valence-corrected chi connectivity index (χ4v) is 6.39. The lowest BCUT2D eigenvalue weighted by Gasteiger charge is -2.57. The average Bonchev–Trinajstić information content (AvgIpc) is 2.78. The fraction of sp³-hybridized carbons (Fsp3) is 0.483. The van der Waals surface area contributed by atoms with Crippen molar-refractivity contribution in [3.05, 3.63) is 70.3 Å². The molecule has 3 aliphatic heterocycles. The Morgan fingerprint density at radius 3 is 2.23 bits per heavy atom. The third kappa shape index (κ3) is 3.74. The van der Waals surface area contributed by atoms with Gasteiger partial charge in [0, 0.05) is 43.3 Å². The van der Waals surface area contributed by atoms with Crippen LogP contribution in [-0.4, -0.2) is 70.2 Å². The first-order valence-electron chi connectivity index (χ1n) is 12.8. The van der Waals surface area contributed by atoms with Crippen LogP contribution in [0.5, 0.6) is 0 Å². The Labute approximate surface area is 207 Å². The third-order valence-corrected chi connectivity index (χ3v) is 8.20. The molecule has 2 fully saturated rings. The Hall–Kier alpha value is -3.15. The number of piperidine rings is 1. The maximum Gasteiger partial charge on any atom is 0.254 e. The van der Waals surface area contributed by atoms with Crippen LogP contribution >= 0.6 is 0 Å². The summed E-state index contributed by atoms with van der Waals surface area (Å²) in [5.74, 6) is -0.257. The number of hydrogen-bond donors (Lipinski definition) is 0. The van der Waals surface area contributed by atoms with Crippen LogP contribution in [0.25, 0.3) is 0 Å². The number of aryl methyl sites for hydroxylation is 2. The zero-order valence-electron chi connectivity index (χ0n) is 21.2. The van der Waals surface area contributed by atoms with Crippen LogP contribution in [0.1, 0.15) is 76.4 Å². The van der Waals surface area contributed by atoms with Crippen LogP contribution in [0.15, 0.2) is 42.5 Å². The lowest BCUT2D eigenvalue weighted by Crippen LogP contribution is -2.68. The molecule has 1 unspecified atom stereocenters. The van der Waals surface area contributed by atoms with Gasteiger partial charge in [-0.2, -0.15) is 0 Å². The molecule has 3 aliphatic rings. The van der Waals surface area contributed by atoms with E-state index in [1.807, 2.05) is 84.9 Å². The second kappa shape index (κ2) is 8.81. The smallest absolute Gasteiger partial charge is 0.254 e.